The molecule has 1 heterocycles. The van der Waals surface area contributed by atoms with Gasteiger partial charge in [0.25, 0.3) is 0 Å². The van der Waals surface area contributed by atoms with Crippen molar-refractivity contribution in [2.24, 2.45) is 11.8 Å². The Morgan fingerprint density at radius 1 is 0.783 bits per heavy atom. The van der Waals surface area contributed by atoms with E-state index in [0.29, 0.717) is 5.92 Å². The highest BCUT2D eigenvalue weighted by Gasteiger charge is 2.58. The first kappa shape index (κ1) is 27.6. The third-order valence-electron chi connectivity index (χ3n) is 11.6. The minimum Gasteiger partial charge on any atom is -0.497 e. The number of fused-ring (bicyclic) bond motifs is 13. The van der Waals surface area contributed by atoms with Gasteiger partial charge in [0.05, 0.1) is 14.2 Å². The first-order chi connectivity index (χ1) is 22.5. The van der Waals surface area contributed by atoms with Crippen molar-refractivity contribution in [3.8, 4) is 28.4 Å². The molecule has 4 unspecified atom stereocenters. The molecule has 230 valence electrons. The summed E-state index contributed by atoms with van der Waals surface area (Å²) in [7, 11) is 7.60. The molecule has 0 radical (unpaired) electrons. The van der Waals surface area contributed by atoms with E-state index in [1.54, 1.807) is 14.2 Å². The average molecular weight is 606 g/mol. The normalized spacial score (nSPS) is 24.9. The standard InChI is InChI=1S/C42H39NO3/c1-43(2)30-15-11-27(12-16-30)42(28-13-17-31(44-3)18-14-28)22-21-35-39-38(33-20-19-32(45-4)24-36(33)40(35)46-42)34-7-5-6-8-37(34)41(39)25-26-9-10-29(41)23-26/h5-8,11-22,24,26,29H,9-10,23,25H2,1-4H3. The van der Waals surface area contributed by atoms with Gasteiger partial charge < -0.3 is 19.1 Å². The molecule has 4 aliphatic rings. The molecule has 9 rings (SSSR count). The summed E-state index contributed by atoms with van der Waals surface area (Å²) in [6.07, 6.45) is 9.89. The van der Waals surface area contributed by atoms with Crippen LogP contribution in [0.4, 0.5) is 5.69 Å². The molecule has 2 bridgehead atoms. The van der Waals surface area contributed by atoms with Crippen molar-refractivity contribution in [1.82, 2.24) is 0 Å². The van der Waals surface area contributed by atoms with Gasteiger partial charge in [-0.05, 0) is 107 Å². The van der Waals surface area contributed by atoms with Crippen LogP contribution in [0.25, 0.3) is 28.0 Å². The zero-order chi connectivity index (χ0) is 31.2. The summed E-state index contributed by atoms with van der Waals surface area (Å²) in [4.78, 5) is 2.13. The Morgan fingerprint density at radius 3 is 2.17 bits per heavy atom. The first-order valence-electron chi connectivity index (χ1n) is 16.6. The molecule has 0 aromatic heterocycles. The summed E-state index contributed by atoms with van der Waals surface area (Å²) >= 11 is 0. The molecule has 2 fully saturated rings. The van der Waals surface area contributed by atoms with Crippen molar-refractivity contribution in [2.75, 3.05) is 33.2 Å². The molecule has 5 aromatic carbocycles. The van der Waals surface area contributed by atoms with E-state index in [2.05, 4.69) is 110 Å². The molecule has 5 aromatic rings. The molecule has 0 N–H and O–H groups in total. The van der Waals surface area contributed by atoms with E-state index in [4.69, 9.17) is 14.2 Å². The van der Waals surface area contributed by atoms with Crippen LogP contribution in [0, 0.1) is 11.8 Å². The van der Waals surface area contributed by atoms with Crippen molar-refractivity contribution >= 4 is 22.5 Å². The number of rotatable bonds is 5. The number of methoxy groups -OCH3 is 2. The Kier molecular flexibility index (Phi) is 5.94. The highest BCUT2D eigenvalue weighted by Crippen LogP contribution is 2.68. The van der Waals surface area contributed by atoms with Crippen molar-refractivity contribution < 1.29 is 14.2 Å². The van der Waals surface area contributed by atoms with E-state index in [1.807, 2.05) is 12.1 Å². The molecular formula is C42H39NO3. The molecule has 2 saturated carbocycles. The fraction of sp³-hybridized carbons (Fsp3) is 0.286. The Bertz CT molecular complexity index is 2040. The molecule has 4 nitrogen and oxygen atoms in total. The molecular weight excluding hydrogens is 566 g/mol. The van der Waals surface area contributed by atoms with Gasteiger partial charge in [0.15, 0.2) is 5.60 Å². The third-order valence-corrected chi connectivity index (χ3v) is 11.6. The zero-order valence-corrected chi connectivity index (χ0v) is 27.0. The first-order valence-corrected chi connectivity index (χ1v) is 16.6. The Hall–Kier alpha value is -4.70. The van der Waals surface area contributed by atoms with E-state index in [1.165, 1.54) is 58.9 Å². The lowest BCUT2D eigenvalue weighted by Gasteiger charge is -2.41. The van der Waals surface area contributed by atoms with E-state index >= 15 is 0 Å². The molecule has 0 saturated heterocycles. The number of hydrogen-bond acceptors (Lipinski definition) is 4. The lowest BCUT2D eigenvalue weighted by Crippen LogP contribution is -2.36. The summed E-state index contributed by atoms with van der Waals surface area (Å²) in [5.74, 6) is 4.04. The van der Waals surface area contributed by atoms with Gasteiger partial charge in [-0.2, -0.15) is 0 Å². The van der Waals surface area contributed by atoms with Gasteiger partial charge in [0.2, 0.25) is 0 Å². The Morgan fingerprint density at radius 2 is 1.50 bits per heavy atom. The minimum absolute atomic E-state index is 0.0220. The highest BCUT2D eigenvalue weighted by molar-refractivity contribution is 6.09. The second kappa shape index (κ2) is 9.90. The third kappa shape index (κ3) is 3.61. The summed E-state index contributed by atoms with van der Waals surface area (Å²) in [5, 5.41) is 2.33. The summed E-state index contributed by atoms with van der Waals surface area (Å²) in [5.41, 5.74) is 9.49. The molecule has 0 amide bonds. The van der Waals surface area contributed by atoms with Crippen LogP contribution in [0.5, 0.6) is 17.2 Å². The predicted molar refractivity (Wildman–Crippen MR) is 186 cm³/mol. The number of benzene rings is 5. The van der Waals surface area contributed by atoms with Crippen LogP contribution in [-0.2, 0) is 11.0 Å². The summed E-state index contributed by atoms with van der Waals surface area (Å²) < 4.78 is 19.0. The smallest absolute Gasteiger partial charge is 0.178 e. The van der Waals surface area contributed by atoms with Crippen molar-refractivity contribution in [1.29, 1.82) is 0 Å². The van der Waals surface area contributed by atoms with Crippen LogP contribution in [0.2, 0.25) is 0 Å². The van der Waals surface area contributed by atoms with E-state index < -0.39 is 5.60 Å². The van der Waals surface area contributed by atoms with Gasteiger partial charge in [0, 0.05) is 47.3 Å². The molecule has 46 heavy (non-hydrogen) atoms. The maximum Gasteiger partial charge on any atom is 0.178 e. The maximum atomic E-state index is 7.59. The van der Waals surface area contributed by atoms with E-state index in [0.717, 1.165) is 45.4 Å². The lowest BCUT2D eigenvalue weighted by molar-refractivity contribution is 0.163. The van der Waals surface area contributed by atoms with Crippen LogP contribution in [-0.4, -0.2) is 28.3 Å². The van der Waals surface area contributed by atoms with Gasteiger partial charge in [0.1, 0.15) is 17.2 Å². The SMILES string of the molecule is COc1ccc(C2(c3ccc(N(C)C)cc3)C=Cc3c4c(c5ccc(OC)cc5c3O2)-c2ccccc2C42CC3CCC2C3)cc1. The highest BCUT2D eigenvalue weighted by atomic mass is 16.5. The van der Waals surface area contributed by atoms with Gasteiger partial charge >= 0.3 is 0 Å². The number of ether oxygens (including phenoxy) is 3. The zero-order valence-electron chi connectivity index (χ0n) is 27.0. The molecule has 1 aliphatic heterocycles. The van der Waals surface area contributed by atoms with Crippen molar-refractivity contribution in [3.05, 3.63) is 125 Å². The predicted octanol–water partition coefficient (Wildman–Crippen LogP) is 9.36. The van der Waals surface area contributed by atoms with Gasteiger partial charge in [-0.15, -0.1) is 0 Å². The summed E-state index contributed by atoms with van der Waals surface area (Å²) in [6, 6.07) is 32.9. The van der Waals surface area contributed by atoms with Crippen LogP contribution >= 0.6 is 0 Å². The van der Waals surface area contributed by atoms with E-state index in [-0.39, 0.29) is 5.41 Å². The largest absolute Gasteiger partial charge is 0.497 e. The average Bonchev–Trinajstić information content (AvgIpc) is 3.81. The molecule has 4 heteroatoms. The van der Waals surface area contributed by atoms with Crippen LogP contribution in [0.1, 0.15) is 53.5 Å². The number of nitrogens with zero attached hydrogens (tertiary/aromatic N) is 1. The van der Waals surface area contributed by atoms with Crippen LogP contribution in [0.15, 0.2) is 97.1 Å². The number of anilines is 1. The maximum absolute atomic E-state index is 7.59. The van der Waals surface area contributed by atoms with Crippen molar-refractivity contribution in [3.63, 3.8) is 0 Å². The Labute approximate surface area is 271 Å². The fourth-order valence-corrected chi connectivity index (χ4v) is 9.51. The van der Waals surface area contributed by atoms with Gasteiger partial charge in [-0.3, -0.25) is 0 Å². The monoisotopic (exact) mass is 605 g/mol. The molecule has 1 spiro atoms. The number of hydrogen-bond donors (Lipinski definition) is 0. The van der Waals surface area contributed by atoms with Gasteiger partial charge in [-0.1, -0.05) is 61.0 Å². The second-order valence-corrected chi connectivity index (χ2v) is 13.8. The fourth-order valence-electron chi connectivity index (χ4n) is 9.51. The van der Waals surface area contributed by atoms with Crippen LogP contribution < -0.4 is 19.1 Å². The van der Waals surface area contributed by atoms with E-state index in [9.17, 15) is 0 Å². The lowest BCUT2D eigenvalue weighted by atomic mass is 9.65. The molecule has 3 aliphatic carbocycles. The van der Waals surface area contributed by atoms with Crippen LogP contribution in [0.3, 0.4) is 0 Å². The Balaban J connectivity index is 1.35. The minimum atomic E-state index is -0.832. The van der Waals surface area contributed by atoms with Crippen molar-refractivity contribution in [2.45, 2.75) is 36.7 Å². The van der Waals surface area contributed by atoms with Gasteiger partial charge in [-0.25, -0.2) is 0 Å². The summed E-state index contributed by atoms with van der Waals surface area (Å²) in [6.45, 7) is 0. The quantitative estimate of drug-likeness (QED) is 0.200. The topological polar surface area (TPSA) is 30.9 Å². The molecule has 4 atom stereocenters. The second-order valence-electron chi connectivity index (χ2n) is 13.8.